The summed E-state index contributed by atoms with van der Waals surface area (Å²) < 4.78 is 16.6. The minimum absolute atomic E-state index is 0.460. The van der Waals surface area contributed by atoms with Gasteiger partial charge in [-0.05, 0) is 29.8 Å². The highest BCUT2D eigenvalue weighted by Gasteiger charge is 2.05. The molecule has 0 atom stereocenters. The van der Waals surface area contributed by atoms with Crippen LogP contribution in [0.15, 0.2) is 48.5 Å². The van der Waals surface area contributed by atoms with Crippen molar-refractivity contribution in [3.63, 3.8) is 0 Å². The van der Waals surface area contributed by atoms with Crippen LogP contribution in [0.5, 0.6) is 17.2 Å². The molecule has 3 nitrogen and oxygen atoms in total. The van der Waals surface area contributed by atoms with Crippen molar-refractivity contribution >= 4 is 11.6 Å². The fraction of sp³-hybridized carbons (Fsp3) is 0.294. The Labute approximate surface area is 130 Å². The lowest BCUT2D eigenvalue weighted by Crippen LogP contribution is -2.05. The molecule has 0 amide bonds. The fourth-order valence-corrected chi connectivity index (χ4v) is 2.03. The second-order valence-corrected chi connectivity index (χ2v) is 4.75. The summed E-state index contributed by atoms with van der Waals surface area (Å²) in [4.78, 5) is 0. The van der Waals surface area contributed by atoms with Gasteiger partial charge in [0, 0.05) is 12.3 Å². The van der Waals surface area contributed by atoms with E-state index in [1.165, 1.54) is 0 Å². The van der Waals surface area contributed by atoms with Gasteiger partial charge in [0.1, 0.15) is 5.75 Å². The van der Waals surface area contributed by atoms with E-state index in [-0.39, 0.29) is 0 Å². The van der Waals surface area contributed by atoms with Gasteiger partial charge in [-0.1, -0.05) is 24.3 Å². The molecule has 0 N–H and O–H groups in total. The normalized spacial score (nSPS) is 10.2. The van der Waals surface area contributed by atoms with Crippen LogP contribution >= 0.6 is 11.6 Å². The quantitative estimate of drug-likeness (QED) is 0.538. The highest BCUT2D eigenvalue weighted by atomic mass is 35.5. The molecule has 0 radical (unpaired) electrons. The average molecular weight is 307 g/mol. The number of alkyl halides is 1. The molecule has 2 rings (SSSR count). The fourth-order valence-electron chi connectivity index (χ4n) is 1.86. The van der Waals surface area contributed by atoms with Crippen LogP contribution in [0.1, 0.15) is 12.0 Å². The SMILES string of the molecule is COc1cc(CCl)ccc1OCCCOc1ccccc1. The summed E-state index contributed by atoms with van der Waals surface area (Å²) in [5.74, 6) is 2.77. The van der Waals surface area contributed by atoms with E-state index < -0.39 is 0 Å². The van der Waals surface area contributed by atoms with Crippen LogP contribution in [0.3, 0.4) is 0 Å². The lowest BCUT2D eigenvalue weighted by molar-refractivity contribution is 0.240. The van der Waals surface area contributed by atoms with Crippen LogP contribution in [0, 0.1) is 0 Å². The Hall–Kier alpha value is -1.87. The predicted octanol–water partition coefficient (Wildman–Crippen LogP) is 4.28. The standard InChI is InChI=1S/C17H19ClO3/c1-19-17-12-14(13-18)8-9-16(17)21-11-5-10-20-15-6-3-2-4-7-15/h2-4,6-9,12H,5,10-11,13H2,1H3. The predicted molar refractivity (Wildman–Crippen MR) is 84.6 cm³/mol. The van der Waals surface area contributed by atoms with Gasteiger partial charge in [0.15, 0.2) is 11.5 Å². The maximum atomic E-state index is 5.80. The summed E-state index contributed by atoms with van der Waals surface area (Å²) in [6.45, 7) is 1.19. The zero-order valence-corrected chi connectivity index (χ0v) is 12.8. The van der Waals surface area contributed by atoms with Gasteiger partial charge < -0.3 is 14.2 Å². The first kappa shape index (κ1) is 15.5. The van der Waals surface area contributed by atoms with E-state index in [1.54, 1.807) is 7.11 Å². The summed E-state index contributed by atoms with van der Waals surface area (Å²) >= 11 is 5.80. The lowest BCUT2D eigenvalue weighted by atomic mass is 10.2. The number of hydrogen-bond donors (Lipinski definition) is 0. The van der Waals surface area contributed by atoms with Crippen LogP contribution in [0.2, 0.25) is 0 Å². The average Bonchev–Trinajstić information content (AvgIpc) is 2.55. The first-order chi connectivity index (χ1) is 10.3. The van der Waals surface area contributed by atoms with E-state index in [4.69, 9.17) is 25.8 Å². The van der Waals surface area contributed by atoms with Gasteiger partial charge in [0.2, 0.25) is 0 Å². The number of ether oxygens (including phenoxy) is 3. The molecule has 112 valence electrons. The smallest absolute Gasteiger partial charge is 0.161 e. The second-order valence-electron chi connectivity index (χ2n) is 4.48. The Balaban J connectivity index is 1.76. The van der Waals surface area contributed by atoms with Gasteiger partial charge in [-0.25, -0.2) is 0 Å². The molecule has 0 aromatic heterocycles. The van der Waals surface area contributed by atoms with Crippen LogP contribution in [-0.4, -0.2) is 20.3 Å². The Morgan fingerprint density at radius 3 is 2.38 bits per heavy atom. The van der Waals surface area contributed by atoms with Gasteiger partial charge in [-0.3, -0.25) is 0 Å². The maximum Gasteiger partial charge on any atom is 0.161 e. The van der Waals surface area contributed by atoms with Gasteiger partial charge in [-0.15, -0.1) is 11.6 Å². The Kier molecular flexibility index (Phi) is 6.22. The Bertz CT molecular complexity index is 543. The molecule has 21 heavy (non-hydrogen) atoms. The molecule has 0 spiro atoms. The van der Waals surface area contributed by atoms with E-state index in [2.05, 4.69) is 0 Å². The molecule has 0 unspecified atom stereocenters. The van der Waals surface area contributed by atoms with Crippen molar-refractivity contribution in [3.05, 3.63) is 54.1 Å². The number of rotatable bonds is 8. The molecule has 0 aliphatic heterocycles. The lowest BCUT2D eigenvalue weighted by Gasteiger charge is -2.12. The number of methoxy groups -OCH3 is 1. The second kappa shape index (κ2) is 8.42. The summed E-state index contributed by atoms with van der Waals surface area (Å²) in [6.07, 6.45) is 0.801. The molecule has 0 fully saturated rings. The minimum Gasteiger partial charge on any atom is -0.493 e. The molecule has 4 heteroatoms. The van der Waals surface area contributed by atoms with Crippen molar-refractivity contribution in [3.8, 4) is 17.2 Å². The van der Waals surface area contributed by atoms with Crippen molar-refractivity contribution in [1.82, 2.24) is 0 Å². The molecule has 0 saturated heterocycles. The third-order valence-electron chi connectivity index (χ3n) is 2.94. The number of hydrogen-bond acceptors (Lipinski definition) is 3. The van der Waals surface area contributed by atoms with Crippen molar-refractivity contribution in [2.75, 3.05) is 20.3 Å². The van der Waals surface area contributed by atoms with Gasteiger partial charge in [-0.2, -0.15) is 0 Å². The summed E-state index contributed by atoms with van der Waals surface area (Å²) in [5.41, 5.74) is 1.01. The molecular weight excluding hydrogens is 288 g/mol. The van der Waals surface area contributed by atoms with Crippen LogP contribution in [0.25, 0.3) is 0 Å². The third kappa shape index (κ3) is 4.87. The zero-order chi connectivity index (χ0) is 14.9. The van der Waals surface area contributed by atoms with Crippen molar-refractivity contribution in [2.24, 2.45) is 0 Å². The van der Waals surface area contributed by atoms with E-state index >= 15 is 0 Å². The molecule has 0 saturated carbocycles. The minimum atomic E-state index is 0.460. The highest BCUT2D eigenvalue weighted by molar-refractivity contribution is 6.17. The molecule has 0 bridgehead atoms. The zero-order valence-electron chi connectivity index (χ0n) is 12.0. The first-order valence-corrected chi connectivity index (χ1v) is 7.40. The monoisotopic (exact) mass is 306 g/mol. The molecule has 2 aromatic carbocycles. The summed E-state index contributed by atoms with van der Waals surface area (Å²) in [6, 6.07) is 15.5. The Morgan fingerprint density at radius 2 is 1.67 bits per heavy atom. The van der Waals surface area contributed by atoms with Crippen LogP contribution < -0.4 is 14.2 Å². The van der Waals surface area contributed by atoms with E-state index in [1.807, 2.05) is 48.5 Å². The van der Waals surface area contributed by atoms with Crippen molar-refractivity contribution in [2.45, 2.75) is 12.3 Å². The van der Waals surface area contributed by atoms with E-state index in [0.29, 0.717) is 24.8 Å². The number of halogens is 1. The summed E-state index contributed by atoms with van der Waals surface area (Å²) in [5, 5.41) is 0. The number of benzene rings is 2. The molecule has 0 aliphatic carbocycles. The highest BCUT2D eigenvalue weighted by Crippen LogP contribution is 2.28. The molecular formula is C17H19ClO3. The molecule has 0 aliphatic rings. The number of para-hydroxylation sites is 1. The molecule has 2 aromatic rings. The van der Waals surface area contributed by atoms with Crippen LogP contribution in [0.4, 0.5) is 0 Å². The molecule has 0 heterocycles. The Morgan fingerprint density at radius 1 is 0.905 bits per heavy atom. The van der Waals surface area contributed by atoms with E-state index in [0.717, 1.165) is 23.5 Å². The first-order valence-electron chi connectivity index (χ1n) is 6.87. The largest absolute Gasteiger partial charge is 0.493 e. The topological polar surface area (TPSA) is 27.7 Å². The van der Waals surface area contributed by atoms with E-state index in [9.17, 15) is 0 Å². The van der Waals surface area contributed by atoms with Crippen LogP contribution in [-0.2, 0) is 5.88 Å². The van der Waals surface area contributed by atoms with Gasteiger partial charge >= 0.3 is 0 Å². The maximum absolute atomic E-state index is 5.80. The summed E-state index contributed by atoms with van der Waals surface area (Å²) in [7, 11) is 1.62. The van der Waals surface area contributed by atoms with Crippen molar-refractivity contribution in [1.29, 1.82) is 0 Å². The van der Waals surface area contributed by atoms with Gasteiger partial charge in [0.05, 0.1) is 20.3 Å². The van der Waals surface area contributed by atoms with Crippen molar-refractivity contribution < 1.29 is 14.2 Å². The van der Waals surface area contributed by atoms with Gasteiger partial charge in [0.25, 0.3) is 0 Å². The third-order valence-corrected chi connectivity index (χ3v) is 3.25.